The third-order valence-corrected chi connectivity index (χ3v) is 4.14. The zero-order chi connectivity index (χ0) is 18.4. The number of hydrogen-bond acceptors (Lipinski definition) is 5. The highest BCUT2D eigenvalue weighted by atomic mass is 16.3. The Kier molecular flexibility index (Phi) is 15.0. The molecule has 5 heteroatoms. The Hall–Kier alpha value is -0.200. The van der Waals surface area contributed by atoms with Crippen molar-refractivity contribution in [1.82, 2.24) is 9.80 Å². The first-order chi connectivity index (χ1) is 11.4. The van der Waals surface area contributed by atoms with Crippen LogP contribution in [-0.4, -0.2) is 82.7 Å². The monoisotopic (exact) mass is 346 g/mol. The number of unbranched alkanes of at least 4 members (excludes halogenated alkanes) is 4. The third kappa shape index (κ3) is 14.2. The summed E-state index contributed by atoms with van der Waals surface area (Å²) in [5, 5.41) is 29.8. The molecule has 0 aliphatic rings. The molecular weight excluding hydrogens is 304 g/mol. The summed E-state index contributed by atoms with van der Waals surface area (Å²) >= 11 is 0. The summed E-state index contributed by atoms with van der Waals surface area (Å²) in [5.41, 5.74) is 0. The van der Waals surface area contributed by atoms with Gasteiger partial charge >= 0.3 is 0 Å². The van der Waals surface area contributed by atoms with Gasteiger partial charge in [0, 0.05) is 26.2 Å². The van der Waals surface area contributed by atoms with Gasteiger partial charge in [0.25, 0.3) is 0 Å². The molecule has 3 N–H and O–H groups in total. The summed E-state index contributed by atoms with van der Waals surface area (Å²) < 4.78 is 0. The Morgan fingerprint density at radius 1 is 0.625 bits per heavy atom. The minimum absolute atomic E-state index is 0.378. The Labute approximate surface area is 149 Å². The average molecular weight is 347 g/mol. The lowest BCUT2D eigenvalue weighted by atomic mass is 10.2. The van der Waals surface area contributed by atoms with Crippen molar-refractivity contribution in [2.75, 3.05) is 39.3 Å². The van der Waals surface area contributed by atoms with E-state index in [2.05, 4.69) is 23.6 Å². The molecule has 0 aliphatic heterocycles. The molecule has 0 bridgehead atoms. The van der Waals surface area contributed by atoms with E-state index in [-0.39, 0.29) is 12.2 Å². The van der Waals surface area contributed by atoms with Gasteiger partial charge in [-0.15, -0.1) is 0 Å². The lowest BCUT2D eigenvalue weighted by molar-refractivity contribution is 0.0404. The van der Waals surface area contributed by atoms with E-state index < -0.39 is 6.10 Å². The highest BCUT2D eigenvalue weighted by molar-refractivity contribution is 4.72. The van der Waals surface area contributed by atoms with Crippen LogP contribution in [0.3, 0.4) is 0 Å². The van der Waals surface area contributed by atoms with Crippen LogP contribution >= 0.6 is 0 Å². The van der Waals surface area contributed by atoms with Crippen molar-refractivity contribution in [3.8, 4) is 0 Å². The molecule has 0 aromatic heterocycles. The molecule has 0 fully saturated rings. The highest BCUT2D eigenvalue weighted by Gasteiger charge is 2.17. The Morgan fingerprint density at radius 2 is 1.00 bits per heavy atom. The van der Waals surface area contributed by atoms with E-state index in [4.69, 9.17) is 0 Å². The van der Waals surface area contributed by atoms with Gasteiger partial charge in [0.05, 0.1) is 18.3 Å². The van der Waals surface area contributed by atoms with Gasteiger partial charge in [0.15, 0.2) is 0 Å². The molecule has 0 amide bonds. The van der Waals surface area contributed by atoms with Crippen LogP contribution in [0.5, 0.6) is 0 Å². The smallest absolute Gasteiger partial charge is 0.0793 e. The van der Waals surface area contributed by atoms with E-state index in [9.17, 15) is 15.3 Å². The fourth-order valence-electron chi connectivity index (χ4n) is 3.09. The van der Waals surface area contributed by atoms with Crippen molar-refractivity contribution in [1.29, 1.82) is 0 Å². The largest absolute Gasteiger partial charge is 0.392 e. The summed E-state index contributed by atoms with van der Waals surface area (Å²) in [6, 6.07) is 0. The van der Waals surface area contributed by atoms with Crippen LogP contribution in [0.15, 0.2) is 0 Å². The molecular formula is C19H42N2O3. The first kappa shape index (κ1) is 23.8. The first-order valence-corrected chi connectivity index (χ1v) is 9.87. The lowest BCUT2D eigenvalue weighted by Gasteiger charge is -2.30. The molecule has 0 aliphatic carbocycles. The number of aliphatic hydroxyl groups excluding tert-OH is 3. The van der Waals surface area contributed by atoms with Crippen LogP contribution in [0.1, 0.15) is 66.2 Å². The molecule has 0 saturated heterocycles. The van der Waals surface area contributed by atoms with Gasteiger partial charge in [-0.3, -0.25) is 9.80 Å². The highest BCUT2D eigenvalue weighted by Crippen LogP contribution is 2.05. The molecule has 5 nitrogen and oxygen atoms in total. The van der Waals surface area contributed by atoms with Crippen molar-refractivity contribution in [3.63, 3.8) is 0 Å². The fraction of sp³-hybridized carbons (Fsp3) is 1.00. The molecule has 0 rings (SSSR count). The molecule has 0 aromatic carbocycles. The summed E-state index contributed by atoms with van der Waals surface area (Å²) in [7, 11) is 0. The predicted molar refractivity (Wildman–Crippen MR) is 101 cm³/mol. The third-order valence-electron chi connectivity index (χ3n) is 4.14. The first-order valence-electron chi connectivity index (χ1n) is 9.87. The standard InChI is InChI=1S/C19H42N2O3/c1-5-7-9-11-20(13-17(3)22)15-19(24)16-21(14-18(4)23)12-10-8-6-2/h17-19,22-24H,5-16H2,1-4H3. The molecule has 0 heterocycles. The van der Waals surface area contributed by atoms with Crippen LogP contribution in [0.4, 0.5) is 0 Å². The Morgan fingerprint density at radius 3 is 1.29 bits per heavy atom. The summed E-state index contributed by atoms with van der Waals surface area (Å²) in [6.45, 7) is 12.2. The molecule has 0 saturated carbocycles. The summed E-state index contributed by atoms with van der Waals surface area (Å²) in [5.74, 6) is 0. The molecule has 0 spiro atoms. The second-order valence-electron chi connectivity index (χ2n) is 7.29. The fourth-order valence-corrected chi connectivity index (χ4v) is 3.09. The Balaban J connectivity index is 4.41. The predicted octanol–water partition coefficient (Wildman–Crippen LogP) is 2.09. The normalized spacial score (nSPS) is 15.9. The van der Waals surface area contributed by atoms with Gasteiger partial charge in [-0.1, -0.05) is 39.5 Å². The van der Waals surface area contributed by atoms with E-state index in [1.54, 1.807) is 13.8 Å². The van der Waals surface area contributed by atoms with Crippen molar-refractivity contribution < 1.29 is 15.3 Å². The summed E-state index contributed by atoms with van der Waals surface area (Å²) in [6.07, 6.45) is 5.69. The lowest BCUT2D eigenvalue weighted by Crippen LogP contribution is -2.44. The van der Waals surface area contributed by atoms with Crippen molar-refractivity contribution >= 4 is 0 Å². The van der Waals surface area contributed by atoms with Gasteiger partial charge < -0.3 is 15.3 Å². The van der Waals surface area contributed by atoms with Gasteiger partial charge in [-0.05, 0) is 39.8 Å². The van der Waals surface area contributed by atoms with E-state index >= 15 is 0 Å². The van der Waals surface area contributed by atoms with Crippen molar-refractivity contribution in [3.05, 3.63) is 0 Å². The van der Waals surface area contributed by atoms with Crippen LogP contribution < -0.4 is 0 Å². The van der Waals surface area contributed by atoms with E-state index in [0.29, 0.717) is 26.2 Å². The maximum Gasteiger partial charge on any atom is 0.0793 e. The van der Waals surface area contributed by atoms with Gasteiger partial charge in [-0.2, -0.15) is 0 Å². The van der Waals surface area contributed by atoms with Gasteiger partial charge in [-0.25, -0.2) is 0 Å². The summed E-state index contributed by atoms with van der Waals surface area (Å²) in [4.78, 5) is 4.33. The Bertz CT molecular complexity index is 249. The molecule has 0 radical (unpaired) electrons. The number of nitrogens with zero attached hydrogens (tertiary/aromatic N) is 2. The topological polar surface area (TPSA) is 67.2 Å². The molecule has 2 atom stereocenters. The minimum Gasteiger partial charge on any atom is -0.392 e. The molecule has 0 aromatic rings. The number of aliphatic hydroxyl groups is 3. The van der Waals surface area contributed by atoms with Gasteiger partial charge in [0.1, 0.15) is 0 Å². The maximum absolute atomic E-state index is 10.5. The van der Waals surface area contributed by atoms with Crippen LogP contribution in [-0.2, 0) is 0 Å². The average Bonchev–Trinajstić information content (AvgIpc) is 2.46. The zero-order valence-electron chi connectivity index (χ0n) is 16.5. The molecule has 24 heavy (non-hydrogen) atoms. The molecule has 146 valence electrons. The SMILES string of the molecule is CCCCCN(CC(C)O)CC(O)CN(CCCCC)CC(C)O. The second kappa shape index (κ2) is 15.1. The van der Waals surface area contributed by atoms with Gasteiger partial charge in [0.2, 0.25) is 0 Å². The van der Waals surface area contributed by atoms with E-state index in [1.165, 1.54) is 25.7 Å². The minimum atomic E-state index is -0.453. The second-order valence-corrected chi connectivity index (χ2v) is 7.29. The zero-order valence-corrected chi connectivity index (χ0v) is 16.5. The van der Waals surface area contributed by atoms with E-state index in [1.807, 2.05) is 0 Å². The number of rotatable bonds is 16. The van der Waals surface area contributed by atoms with E-state index in [0.717, 1.165) is 25.9 Å². The quantitative estimate of drug-likeness (QED) is 0.374. The number of hydrogen-bond donors (Lipinski definition) is 3. The van der Waals surface area contributed by atoms with Crippen LogP contribution in [0.25, 0.3) is 0 Å². The van der Waals surface area contributed by atoms with Crippen molar-refractivity contribution in [2.24, 2.45) is 0 Å². The van der Waals surface area contributed by atoms with Crippen LogP contribution in [0, 0.1) is 0 Å². The van der Waals surface area contributed by atoms with Crippen molar-refractivity contribution in [2.45, 2.75) is 84.5 Å². The maximum atomic E-state index is 10.5. The van der Waals surface area contributed by atoms with Crippen LogP contribution in [0.2, 0.25) is 0 Å². The molecule has 2 unspecified atom stereocenters.